The summed E-state index contributed by atoms with van der Waals surface area (Å²) in [6.07, 6.45) is -0.684. The van der Waals surface area contributed by atoms with Gasteiger partial charge in [0.25, 0.3) is 0 Å². The van der Waals surface area contributed by atoms with Crippen molar-refractivity contribution in [2.24, 2.45) is 0 Å². The fraction of sp³-hybridized carbons (Fsp3) is 0.333. The Hall–Kier alpha value is -1.33. The minimum Gasteiger partial charge on any atom is -0.385 e. The Labute approximate surface area is 103 Å². The third-order valence-corrected chi connectivity index (χ3v) is 4.01. The van der Waals surface area contributed by atoms with E-state index in [-0.39, 0.29) is 5.92 Å². The summed E-state index contributed by atoms with van der Waals surface area (Å²) >= 11 is 1.80. The topological polar surface area (TPSA) is 59.2 Å². The Balaban J connectivity index is 1.95. The van der Waals surface area contributed by atoms with Crippen molar-refractivity contribution in [2.45, 2.75) is 23.8 Å². The van der Waals surface area contributed by atoms with E-state index in [0.29, 0.717) is 11.7 Å². The van der Waals surface area contributed by atoms with E-state index < -0.39 is 6.10 Å². The van der Waals surface area contributed by atoms with Gasteiger partial charge < -0.3 is 9.63 Å². The first kappa shape index (κ1) is 10.8. The van der Waals surface area contributed by atoms with Gasteiger partial charge in [0.1, 0.15) is 6.10 Å². The minimum absolute atomic E-state index is 0.149. The molecule has 0 aliphatic carbocycles. The quantitative estimate of drug-likeness (QED) is 0.884. The van der Waals surface area contributed by atoms with Crippen LogP contribution in [0.15, 0.2) is 33.7 Å². The molecule has 1 aromatic heterocycles. The van der Waals surface area contributed by atoms with Gasteiger partial charge in [-0.25, -0.2) is 0 Å². The molecule has 1 aromatic carbocycles. The van der Waals surface area contributed by atoms with E-state index in [1.807, 2.05) is 12.1 Å². The molecule has 2 unspecified atom stereocenters. The lowest BCUT2D eigenvalue weighted by molar-refractivity contribution is 0.184. The van der Waals surface area contributed by atoms with Gasteiger partial charge in [0.15, 0.2) is 5.82 Å². The maximum atomic E-state index is 9.38. The van der Waals surface area contributed by atoms with E-state index in [1.54, 1.807) is 18.7 Å². The van der Waals surface area contributed by atoms with Crippen LogP contribution in [-0.2, 0) is 0 Å². The zero-order chi connectivity index (χ0) is 11.8. The molecule has 88 valence electrons. The Morgan fingerprint density at radius 3 is 3.06 bits per heavy atom. The Kier molecular flexibility index (Phi) is 2.64. The van der Waals surface area contributed by atoms with Crippen LogP contribution in [0.4, 0.5) is 0 Å². The fourth-order valence-electron chi connectivity index (χ4n) is 1.93. The number of aromatic nitrogens is 2. The predicted molar refractivity (Wildman–Crippen MR) is 63.9 cm³/mol. The molecule has 0 saturated carbocycles. The van der Waals surface area contributed by atoms with Crippen LogP contribution in [-0.4, -0.2) is 21.0 Å². The second-order valence-corrected chi connectivity index (χ2v) is 5.13. The molecule has 0 amide bonds. The van der Waals surface area contributed by atoms with Crippen molar-refractivity contribution >= 4 is 11.8 Å². The maximum absolute atomic E-state index is 9.38. The van der Waals surface area contributed by atoms with Gasteiger partial charge in [-0.2, -0.15) is 4.98 Å². The molecule has 1 aliphatic heterocycles. The number of hydrogen-bond donors (Lipinski definition) is 1. The number of aliphatic hydroxyl groups excluding tert-OH is 1. The maximum Gasteiger partial charge on any atom is 0.235 e. The minimum atomic E-state index is -0.684. The highest BCUT2D eigenvalue weighted by Crippen LogP contribution is 2.42. The summed E-state index contributed by atoms with van der Waals surface area (Å²) in [4.78, 5) is 5.52. The van der Waals surface area contributed by atoms with E-state index in [4.69, 9.17) is 4.52 Å². The van der Waals surface area contributed by atoms with Crippen LogP contribution in [0.3, 0.4) is 0 Å². The average molecular weight is 248 g/mol. The van der Waals surface area contributed by atoms with E-state index in [0.717, 1.165) is 5.75 Å². The van der Waals surface area contributed by atoms with Gasteiger partial charge in [0.05, 0.1) is 5.92 Å². The van der Waals surface area contributed by atoms with Crippen LogP contribution in [0, 0.1) is 0 Å². The van der Waals surface area contributed by atoms with Crippen LogP contribution >= 0.6 is 11.8 Å². The van der Waals surface area contributed by atoms with Crippen molar-refractivity contribution in [1.82, 2.24) is 10.1 Å². The summed E-state index contributed by atoms with van der Waals surface area (Å²) in [6.45, 7) is 1.63. The van der Waals surface area contributed by atoms with Crippen LogP contribution in [0.25, 0.3) is 0 Å². The van der Waals surface area contributed by atoms with Crippen molar-refractivity contribution in [2.75, 3.05) is 5.75 Å². The van der Waals surface area contributed by atoms with Gasteiger partial charge in [0, 0.05) is 10.6 Å². The van der Waals surface area contributed by atoms with Crippen LogP contribution in [0.5, 0.6) is 0 Å². The number of rotatable bonds is 2. The number of thioether (sulfide) groups is 1. The highest BCUT2D eigenvalue weighted by atomic mass is 32.2. The predicted octanol–water partition coefficient (Wildman–Crippen LogP) is 2.36. The van der Waals surface area contributed by atoms with E-state index in [1.165, 1.54) is 10.5 Å². The Morgan fingerprint density at radius 2 is 2.29 bits per heavy atom. The van der Waals surface area contributed by atoms with Gasteiger partial charge >= 0.3 is 0 Å². The summed E-state index contributed by atoms with van der Waals surface area (Å²) in [5, 5.41) is 13.2. The first-order chi connectivity index (χ1) is 8.25. The van der Waals surface area contributed by atoms with Crippen molar-refractivity contribution < 1.29 is 9.63 Å². The highest BCUT2D eigenvalue weighted by Gasteiger charge is 2.29. The van der Waals surface area contributed by atoms with Crippen LogP contribution in [0.1, 0.15) is 36.2 Å². The number of fused-ring (bicyclic) bond motifs is 1. The van der Waals surface area contributed by atoms with E-state index in [2.05, 4.69) is 22.3 Å². The van der Waals surface area contributed by atoms with E-state index in [9.17, 15) is 5.11 Å². The van der Waals surface area contributed by atoms with Crippen molar-refractivity contribution in [3.63, 3.8) is 0 Å². The van der Waals surface area contributed by atoms with Crippen molar-refractivity contribution in [3.05, 3.63) is 41.5 Å². The molecule has 0 fully saturated rings. The molecule has 5 heteroatoms. The summed E-state index contributed by atoms with van der Waals surface area (Å²) in [5.74, 6) is 2.02. The number of aliphatic hydroxyl groups is 1. The number of hydrogen-bond acceptors (Lipinski definition) is 5. The lowest BCUT2D eigenvalue weighted by atomic mass is 10.0. The molecule has 17 heavy (non-hydrogen) atoms. The van der Waals surface area contributed by atoms with Gasteiger partial charge in [-0.1, -0.05) is 23.4 Å². The molecule has 2 heterocycles. The molecule has 0 radical (unpaired) electrons. The average Bonchev–Trinajstić information content (AvgIpc) is 2.95. The molecule has 0 saturated heterocycles. The molecule has 1 N–H and O–H groups in total. The molecule has 3 rings (SSSR count). The molecular weight excluding hydrogens is 236 g/mol. The number of nitrogens with zero attached hydrogens (tertiary/aromatic N) is 2. The van der Waals surface area contributed by atoms with E-state index >= 15 is 0 Å². The summed E-state index contributed by atoms with van der Waals surface area (Å²) < 4.78 is 5.23. The number of benzene rings is 1. The highest BCUT2D eigenvalue weighted by molar-refractivity contribution is 7.99. The van der Waals surface area contributed by atoms with Gasteiger partial charge in [-0.3, -0.25) is 0 Å². The normalized spacial score (nSPS) is 20.2. The van der Waals surface area contributed by atoms with Gasteiger partial charge in [-0.15, -0.1) is 11.8 Å². The SMILES string of the molecule is CC(O)c1noc(C2CSc3ccccc32)n1. The standard InChI is InChI=1S/C12H12N2O2S/c1-7(15)11-13-12(16-14-11)9-6-17-10-5-3-2-4-8(9)10/h2-5,7,9,15H,6H2,1H3. The van der Waals surface area contributed by atoms with Crippen molar-refractivity contribution in [1.29, 1.82) is 0 Å². The monoisotopic (exact) mass is 248 g/mol. The summed E-state index contributed by atoms with van der Waals surface area (Å²) in [7, 11) is 0. The zero-order valence-electron chi connectivity index (χ0n) is 9.33. The second-order valence-electron chi connectivity index (χ2n) is 4.07. The molecular formula is C12H12N2O2S. The third kappa shape index (κ3) is 1.85. The molecule has 0 spiro atoms. The second kappa shape index (κ2) is 4.16. The van der Waals surface area contributed by atoms with Gasteiger partial charge in [-0.05, 0) is 18.6 Å². The molecule has 0 bridgehead atoms. The smallest absolute Gasteiger partial charge is 0.235 e. The summed E-state index contributed by atoms with van der Waals surface area (Å²) in [6, 6.07) is 8.24. The largest absolute Gasteiger partial charge is 0.385 e. The van der Waals surface area contributed by atoms with Crippen LogP contribution < -0.4 is 0 Å². The summed E-state index contributed by atoms with van der Waals surface area (Å²) in [5.41, 5.74) is 1.23. The Morgan fingerprint density at radius 1 is 1.47 bits per heavy atom. The molecule has 2 aromatic rings. The Bertz CT molecular complexity index is 539. The van der Waals surface area contributed by atoms with Crippen LogP contribution in [0.2, 0.25) is 0 Å². The molecule has 1 aliphatic rings. The zero-order valence-corrected chi connectivity index (χ0v) is 10.1. The van der Waals surface area contributed by atoms with Gasteiger partial charge in [0.2, 0.25) is 5.89 Å². The lowest BCUT2D eigenvalue weighted by Crippen LogP contribution is -2.01. The van der Waals surface area contributed by atoms with Crippen molar-refractivity contribution in [3.8, 4) is 0 Å². The third-order valence-electron chi connectivity index (χ3n) is 2.83. The molecule has 2 atom stereocenters. The first-order valence-corrected chi connectivity index (χ1v) is 6.47. The molecule has 4 nitrogen and oxygen atoms in total. The first-order valence-electron chi connectivity index (χ1n) is 5.49. The lowest BCUT2D eigenvalue weighted by Gasteiger charge is -2.03. The fourth-order valence-corrected chi connectivity index (χ4v) is 3.15.